The average Bonchev–Trinajstić information content (AvgIpc) is 2.71. The molecule has 0 saturated heterocycles. The minimum atomic E-state index is 0.0179. The molecule has 0 fully saturated rings. The molecule has 0 atom stereocenters. The zero-order valence-electron chi connectivity index (χ0n) is 9.88. The Labute approximate surface area is 108 Å². The number of nitrogens with two attached hydrogens (primary N) is 1. The number of benzene rings is 2. The normalized spacial score (nSPS) is 10.9. The number of hydrogen-bond donors (Lipinski definition) is 1. The maximum atomic E-state index is 12.3. The van der Waals surface area contributed by atoms with E-state index in [1.54, 1.807) is 3.96 Å². The predicted molar refractivity (Wildman–Crippen MR) is 76.6 cm³/mol. The number of anilines is 1. The van der Waals surface area contributed by atoms with E-state index in [4.69, 9.17) is 5.73 Å². The van der Waals surface area contributed by atoms with Crippen molar-refractivity contribution in [2.24, 2.45) is 0 Å². The summed E-state index contributed by atoms with van der Waals surface area (Å²) in [5, 5.41) is 0.754. The molecule has 0 aliphatic heterocycles. The third kappa shape index (κ3) is 1.54. The highest BCUT2D eigenvalue weighted by atomic mass is 32.1. The van der Waals surface area contributed by atoms with Crippen LogP contribution in [0.1, 0.15) is 5.56 Å². The monoisotopic (exact) mass is 256 g/mol. The van der Waals surface area contributed by atoms with Gasteiger partial charge in [-0.1, -0.05) is 29.7 Å². The maximum Gasteiger partial charge on any atom is 0.273 e. The molecule has 0 saturated carbocycles. The summed E-state index contributed by atoms with van der Waals surface area (Å²) in [6.45, 7) is 1.93. The second-order valence-corrected chi connectivity index (χ2v) is 5.17. The first-order valence-corrected chi connectivity index (χ1v) is 6.42. The van der Waals surface area contributed by atoms with Crippen LogP contribution in [0.25, 0.3) is 15.8 Å². The summed E-state index contributed by atoms with van der Waals surface area (Å²) in [6.07, 6.45) is 0. The van der Waals surface area contributed by atoms with Crippen LogP contribution in [0.5, 0.6) is 0 Å². The molecule has 0 bridgehead atoms. The second-order valence-electron chi connectivity index (χ2n) is 4.18. The van der Waals surface area contributed by atoms with Crippen molar-refractivity contribution in [2.75, 3.05) is 5.73 Å². The fourth-order valence-electron chi connectivity index (χ4n) is 1.99. The molecule has 1 aromatic heterocycles. The van der Waals surface area contributed by atoms with Gasteiger partial charge in [0.15, 0.2) is 0 Å². The molecule has 90 valence electrons. The topological polar surface area (TPSA) is 48.0 Å². The molecule has 3 rings (SSSR count). The molecule has 3 nitrogen and oxygen atoms in total. The van der Waals surface area contributed by atoms with Crippen molar-refractivity contribution in [1.29, 1.82) is 0 Å². The van der Waals surface area contributed by atoms with E-state index >= 15 is 0 Å². The van der Waals surface area contributed by atoms with Crippen LogP contribution in [0.3, 0.4) is 0 Å². The zero-order chi connectivity index (χ0) is 12.7. The van der Waals surface area contributed by atoms with Gasteiger partial charge in [0, 0.05) is 5.69 Å². The highest BCUT2D eigenvalue weighted by molar-refractivity contribution is 7.14. The van der Waals surface area contributed by atoms with Crippen molar-refractivity contribution in [3.8, 4) is 5.69 Å². The van der Waals surface area contributed by atoms with Gasteiger partial charge in [0.1, 0.15) is 0 Å². The van der Waals surface area contributed by atoms with E-state index in [2.05, 4.69) is 0 Å². The Hall–Kier alpha value is -2.07. The van der Waals surface area contributed by atoms with Gasteiger partial charge in [0.05, 0.1) is 15.8 Å². The first kappa shape index (κ1) is 11.0. The number of aromatic nitrogens is 1. The van der Waals surface area contributed by atoms with E-state index in [1.807, 2.05) is 49.4 Å². The molecule has 3 aromatic rings. The van der Waals surface area contributed by atoms with Crippen LogP contribution >= 0.6 is 11.5 Å². The minimum absolute atomic E-state index is 0.0179. The van der Waals surface area contributed by atoms with E-state index in [-0.39, 0.29) is 5.56 Å². The predicted octanol–water partition coefficient (Wildman–Crippen LogP) is 2.94. The molecule has 0 aliphatic rings. The van der Waals surface area contributed by atoms with Crippen molar-refractivity contribution >= 4 is 27.3 Å². The lowest BCUT2D eigenvalue weighted by atomic mass is 10.1. The highest BCUT2D eigenvalue weighted by Crippen LogP contribution is 2.24. The van der Waals surface area contributed by atoms with Crippen LogP contribution in [0.15, 0.2) is 47.3 Å². The zero-order valence-corrected chi connectivity index (χ0v) is 10.7. The number of fused-ring (bicyclic) bond motifs is 1. The third-order valence-electron chi connectivity index (χ3n) is 3.06. The van der Waals surface area contributed by atoms with Gasteiger partial charge in [-0.15, -0.1) is 0 Å². The van der Waals surface area contributed by atoms with Crippen LogP contribution in [-0.2, 0) is 0 Å². The Kier molecular flexibility index (Phi) is 2.45. The molecule has 2 aromatic carbocycles. The van der Waals surface area contributed by atoms with Crippen molar-refractivity contribution in [2.45, 2.75) is 6.92 Å². The second kappa shape index (κ2) is 3.99. The molecule has 0 radical (unpaired) electrons. The van der Waals surface area contributed by atoms with Crippen LogP contribution < -0.4 is 11.3 Å². The molecule has 18 heavy (non-hydrogen) atoms. The van der Waals surface area contributed by atoms with E-state index in [9.17, 15) is 4.79 Å². The summed E-state index contributed by atoms with van der Waals surface area (Å²) >= 11 is 1.45. The number of rotatable bonds is 1. The molecule has 1 heterocycles. The number of nitrogen functional groups attached to an aromatic ring is 1. The van der Waals surface area contributed by atoms with Crippen molar-refractivity contribution in [3.05, 3.63) is 58.4 Å². The lowest BCUT2D eigenvalue weighted by Gasteiger charge is -2.07. The van der Waals surface area contributed by atoms with Crippen LogP contribution in [0.4, 0.5) is 5.69 Å². The van der Waals surface area contributed by atoms with Gasteiger partial charge in [-0.3, -0.25) is 4.79 Å². The standard InChI is InChI=1S/C14H12N2OS/c1-9-11(15)6-4-7-12(9)16-14(17)10-5-2-3-8-13(10)18-16/h2-8H,15H2,1H3. The first-order valence-electron chi connectivity index (χ1n) is 5.65. The van der Waals surface area contributed by atoms with Crippen LogP contribution in [-0.4, -0.2) is 3.96 Å². The molecule has 4 heteroatoms. The van der Waals surface area contributed by atoms with Crippen molar-refractivity contribution in [1.82, 2.24) is 3.96 Å². The van der Waals surface area contributed by atoms with Crippen molar-refractivity contribution < 1.29 is 0 Å². The third-order valence-corrected chi connectivity index (χ3v) is 4.16. The molecule has 0 amide bonds. The van der Waals surface area contributed by atoms with E-state index in [0.29, 0.717) is 5.69 Å². The molecular formula is C14H12N2OS. The molecule has 2 N–H and O–H groups in total. The fraction of sp³-hybridized carbons (Fsp3) is 0.0714. The SMILES string of the molecule is Cc1c(N)cccc1-n1sc2ccccc2c1=O. The first-order chi connectivity index (χ1) is 8.68. The van der Waals surface area contributed by atoms with Crippen molar-refractivity contribution in [3.63, 3.8) is 0 Å². The summed E-state index contributed by atoms with van der Waals surface area (Å²) in [4.78, 5) is 12.3. The van der Waals surface area contributed by atoms with E-state index < -0.39 is 0 Å². The van der Waals surface area contributed by atoms with Gasteiger partial charge < -0.3 is 5.73 Å². The Morgan fingerprint density at radius 2 is 1.89 bits per heavy atom. The minimum Gasteiger partial charge on any atom is -0.398 e. The van der Waals surface area contributed by atoms with E-state index in [1.165, 1.54) is 11.5 Å². The molecule has 0 spiro atoms. The maximum absolute atomic E-state index is 12.3. The lowest BCUT2D eigenvalue weighted by molar-refractivity contribution is 1.12. The summed E-state index contributed by atoms with van der Waals surface area (Å²) < 4.78 is 2.69. The Balaban J connectivity index is 2.36. The number of hydrogen-bond acceptors (Lipinski definition) is 3. The molecular weight excluding hydrogens is 244 g/mol. The van der Waals surface area contributed by atoms with Crippen LogP contribution in [0.2, 0.25) is 0 Å². The summed E-state index contributed by atoms with van der Waals surface area (Å²) in [6, 6.07) is 13.3. The summed E-state index contributed by atoms with van der Waals surface area (Å²) in [5.41, 5.74) is 8.41. The van der Waals surface area contributed by atoms with Gasteiger partial charge in [-0.05, 0) is 36.8 Å². The largest absolute Gasteiger partial charge is 0.398 e. The Bertz CT molecular complexity index is 786. The van der Waals surface area contributed by atoms with Crippen LogP contribution in [0, 0.1) is 6.92 Å². The molecule has 0 aliphatic carbocycles. The quantitative estimate of drug-likeness (QED) is 0.680. The van der Waals surface area contributed by atoms with Gasteiger partial charge >= 0.3 is 0 Å². The van der Waals surface area contributed by atoms with Gasteiger partial charge in [-0.2, -0.15) is 0 Å². The average molecular weight is 256 g/mol. The van der Waals surface area contributed by atoms with Gasteiger partial charge in [0.25, 0.3) is 5.56 Å². The highest BCUT2D eigenvalue weighted by Gasteiger charge is 2.11. The number of nitrogens with zero attached hydrogens (tertiary/aromatic N) is 1. The van der Waals surface area contributed by atoms with Gasteiger partial charge in [0.2, 0.25) is 0 Å². The fourth-order valence-corrected chi connectivity index (χ4v) is 3.06. The summed E-state index contributed by atoms with van der Waals surface area (Å²) in [5.74, 6) is 0. The lowest BCUT2D eigenvalue weighted by Crippen LogP contribution is -2.12. The summed E-state index contributed by atoms with van der Waals surface area (Å²) in [7, 11) is 0. The smallest absolute Gasteiger partial charge is 0.273 e. The Morgan fingerprint density at radius 3 is 2.67 bits per heavy atom. The van der Waals surface area contributed by atoms with E-state index in [0.717, 1.165) is 21.3 Å². The molecule has 0 unspecified atom stereocenters. The Morgan fingerprint density at radius 1 is 1.11 bits per heavy atom. The van der Waals surface area contributed by atoms with Gasteiger partial charge in [-0.25, -0.2) is 3.96 Å².